The van der Waals surface area contributed by atoms with E-state index in [0.717, 1.165) is 10.0 Å². The average molecular weight is 246 g/mol. The van der Waals surface area contributed by atoms with Crippen molar-refractivity contribution in [2.75, 3.05) is 6.54 Å². The molecule has 0 saturated carbocycles. The lowest BCUT2D eigenvalue weighted by Gasteiger charge is -2.08. The van der Waals surface area contributed by atoms with Crippen molar-refractivity contribution in [3.63, 3.8) is 0 Å². The molecule has 1 aromatic carbocycles. The van der Waals surface area contributed by atoms with Crippen molar-refractivity contribution in [1.82, 2.24) is 0 Å². The summed E-state index contributed by atoms with van der Waals surface area (Å²) in [6, 6.07) is 5.13. The molecule has 2 N–H and O–H groups in total. The predicted octanol–water partition coefficient (Wildman–Crippen LogP) is 2.73. The molecule has 0 amide bonds. The third-order valence-corrected chi connectivity index (χ3v) is 2.48. The molecule has 1 rings (SSSR count). The van der Waals surface area contributed by atoms with Gasteiger partial charge in [0.25, 0.3) is 0 Å². The van der Waals surface area contributed by atoms with Crippen LogP contribution in [-0.4, -0.2) is 6.54 Å². The van der Waals surface area contributed by atoms with E-state index in [1.807, 2.05) is 13.0 Å². The molecule has 1 atom stereocenters. The van der Waals surface area contributed by atoms with Crippen LogP contribution in [0.15, 0.2) is 22.7 Å². The van der Waals surface area contributed by atoms with Crippen LogP contribution < -0.4 is 5.73 Å². The maximum absolute atomic E-state index is 13.3. The Bertz CT molecular complexity index is 288. The van der Waals surface area contributed by atoms with Gasteiger partial charge in [-0.15, -0.1) is 0 Å². The number of rotatable bonds is 3. The Morgan fingerprint density at radius 3 is 2.77 bits per heavy atom. The minimum absolute atomic E-state index is 0.158. The van der Waals surface area contributed by atoms with E-state index in [1.54, 1.807) is 6.07 Å². The van der Waals surface area contributed by atoms with Gasteiger partial charge in [-0.2, -0.15) is 0 Å². The SMILES string of the molecule is CC(CN)Cc1ccc(Br)cc1F. The summed E-state index contributed by atoms with van der Waals surface area (Å²) >= 11 is 3.21. The van der Waals surface area contributed by atoms with E-state index in [0.29, 0.717) is 18.9 Å². The molecule has 0 fully saturated rings. The van der Waals surface area contributed by atoms with E-state index in [-0.39, 0.29) is 5.82 Å². The van der Waals surface area contributed by atoms with Crippen LogP contribution >= 0.6 is 15.9 Å². The summed E-state index contributed by atoms with van der Waals surface area (Å²) in [5, 5.41) is 0. The summed E-state index contributed by atoms with van der Waals surface area (Å²) < 4.78 is 14.0. The highest BCUT2D eigenvalue weighted by molar-refractivity contribution is 9.10. The minimum Gasteiger partial charge on any atom is -0.330 e. The summed E-state index contributed by atoms with van der Waals surface area (Å²) in [6.45, 7) is 2.61. The van der Waals surface area contributed by atoms with E-state index in [1.165, 1.54) is 6.07 Å². The second kappa shape index (κ2) is 4.72. The highest BCUT2D eigenvalue weighted by atomic mass is 79.9. The van der Waals surface area contributed by atoms with Gasteiger partial charge in [0, 0.05) is 4.47 Å². The third kappa shape index (κ3) is 3.08. The van der Waals surface area contributed by atoms with E-state index < -0.39 is 0 Å². The van der Waals surface area contributed by atoms with Gasteiger partial charge in [0.05, 0.1) is 0 Å². The molecule has 0 spiro atoms. The molecule has 0 radical (unpaired) electrons. The average Bonchev–Trinajstić information content (AvgIpc) is 2.09. The van der Waals surface area contributed by atoms with Gasteiger partial charge in [-0.3, -0.25) is 0 Å². The van der Waals surface area contributed by atoms with Crippen molar-refractivity contribution in [2.45, 2.75) is 13.3 Å². The second-order valence-electron chi connectivity index (χ2n) is 3.28. The smallest absolute Gasteiger partial charge is 0.127 e. The van der Waals surface area contributed by atoms with Crippen molar-refractivity contribution >= 4 is 15.9 Å². The van der Waals surface area contributed by atoms with E-state index >= 15 is 0 Å². The summed E-state index contributed by atoms with van der Waals surface area (Å²) in [7, 11) is 0. The van der Waals surface area contributed by atoms with Crippen LogP contribution in [0.4, 0.5) is 4.39 Å². The molecule has 0 aliphatic heterocycles. The topological polar surface area (TPSA) is 26.0 Å². The van der Waals surface area contributed by atoms with Crippen LogP contribution in [0.1, 0.15) is 12.5 Å². The van der Waals surface area contributed by atoms with Crippen LogP contribution in [0.5, 0.6) is 0 Å². The molecule has 0 heterocycles. The Kier molecular flexibility index (Phi) is 3.88. The second-order valence-corrected chi connectivity index (χ2v) is 4.20. The molecule has 0 aliphatic rings. The number of hydrogen-bond acceptors (Lipinski definition) is 1. The van der Waals surface area contributed by atoms with Gasteiger partial charge in [-0.1, -0.05) is 28.9 Å². The summed E-state index contributed by atoms with van der Waals surface area (Å²) in [6.07, 6.45) is 0.704. The Morgan fingerprint density at radius 2 is 2.23 bits per heavy atom. The molecular weight excluding hydrogens is 233 g/mol. The first-order valence-corrected chi connectivity index (χ1v) is 5.06. The molecule has 1 nitrogen and oxygen atoms in total. The highest BCUT2D eigenvalue weighted by Gasteiger charge is 2.06. The minimum atomic E-state index is -0.158. The maximum Gasteiger partial charge on any atom is 0.127 e. The molecular formula is C10H13BrFN. The molecule has 72 valence electrons. The molecule has 0 aromatic heterocycles. The van der Waals surface area contributed by atoms with Gasteiger partial charge in [-0.25, -0.2) is 4.39 Å². The number of halogens is 2. The highest BCUT2D eigenvalue weighted by Crippen LogP contribution is 2.17. The lowest BCUT2D eigenvalue weighted by molar-refractivity contribution is 0.551. The van der Waals surface area contributed by atoms with Crippen LogP contribution in [0.25, 0.3) is 0 Å². The third-order valence-electron chi connectivity index (χ3n) is 1.99. The standard InChI is InChI=1S/C10H13BrFN/c1-7(6-13)4-8-2-3-9(11)5-10(8)12/h2-3,5,7H,4,6,13H2,1H3. The van der Waals surface area contributed by atoms with E-state index in [9.17, 15) is 4.39 Å². The molecule has 0 bridgehead atoms. The molecule has 13 heavy (non-hydrogen) atoms. The maximum atomic E-state index is 13.3. The first kappa shape index (κ1) is 10.7. The van der Waals surface area contributed by atoms with Gasteiger partial charge >= 0.3 is 0 Å². The normalized spacial score (nSPS) is 12.9. The van der Waals surface area contributed by atoms with Gasteiger partial charge in [0.2, 0.25) is 0 Å². The largest absolute Gasteiger partial charge is 0.330 e. The Morgan fingerprint density at radius 1 is 1.54 bits per heavy atom. The molecule has 1 aromatic rings. The zero-order valence-corrected chi connectivity index (χ0v) is 9.14. The van der Waals surface area contributed by atoms with Crippen molar-refractivity contribution in [2.24, 2.45) is 11.7 Å². The van der Waals surface area contributed by atoms with Crippen LogP contribution in [0, 0.1) is 11.7 Å². The fourth-order valence-electron chi connectivity index (χ4n) is 1.15. The van der Waals surface area contributed by atoms with E-state index in [4.69, 9.17) is 5.73 Å². The van der Waals surface area contributed by atoms with Gasteiger partial charge < -0.3 is 5.73 Å². The first-order valence-electron chi connectivity index (χ1n) is 4.27. The van der Waals surface area contributed by atoms with Crippen LogP contribution in [0.2, 0.25) is 0 Å². The summed E-state index contributed by atoms with van der Waals surface area (Å²) in [5.74, 6) is 0.172. The lowest BCUT2D eigenvalue weighted by Crippen LogP contribution is -2.13. The Balaban J connectivity index is 2.77. The van der Waals surface area contributed by atoms with Crippen molar-refractivity contribution in [1.29, 1.82) is 0 Å². The molecule has 3 heteroatoms. The monoisotopic (exact) mass is 245 g/mol. The lowest BCUT2D eigenvalue weighted by atomic mass is 10.0. The van der Waals surface area contributed by atoms with Crippen LogP contribution in [-0.2, 0) is 6.42 Å². The fourth-order valence-corrected chi connectivity index (χ4v) is 1.48. The first-order chi connectivity index (χ1) is 6.13. The van der Waals surface area contributed by atoms with Gasteiger partial charge in [-0.05, 0) is 36.6 Å². The van der Waals surface area contributed by atoms with Crippen molar-refractivity contribution in [3.05, 3.63) is 34.1 Å². The van der Waals surface area contributed by atoms with Crippen molar-refractivity contribution < 1.29 is 4.39 Å². The zero-order valence-electron chi connectivity index (χ0n) is 7.56. The Labute approximate surface area is 86.3 Å². The molecule has 1 unspecified atom stereocenters. The van der Waals surface area contributed by atoms with Crippen molar-refractivity contribution in [3.8, 4) is 0 Å². The number of benzene rings is 1. The summed E-state index contributed by atoms with van der Waals surface area (Å²) in [4.78, 5) is 0. The number of hydrogen-bond donors (Lipinski definition) is 1. The quantitative estimate of drug-likeness (QED) is 0.871. The zero-order chi connectivity index (χ0) is 9.84. The van der Waals surface area contributed by atoms with Crippen LogP contribution in [0.3, 0.4) is 0 Å². The van der Waals surface area contributed by atoms with Gasteiger partial charge in [0.15, 0.2) is 0 Å². The fraction of sp³-hybridized carbons (Fsp3) is 0.400. The summed E-state index contributed by atoms with van der Waals surface area (Å²) in [5.41, 5.74) is 6.21. The molecule has 0 aliphatic carbocycles. The predicted molar refractivity (Wildman–Crippen MR) is 56.0 cm³/mol. The van der Waals surface area contributed by atoms with E-state index in [2.05, 4.69) is 15.9 Å². The Hall–Kier alpha value is -0.410. The molecule has 0 saturated heterocycles. The number of nitrogens with two attached hydrogens (primary N) is 1. The van der Waals surface area contributed by atoms with Gasteiger partial charge in [0.1, 0.15) is 5.82 Å².